The van der Waals surface area contributed by atoms with E-state index < -0.39 is 0 Å². The Kier molecular flexibility index (Phi) is 7.14. The number of hydrogen-bond acceptors (Lipinski definition) is 4. The second kappa shape index (κ2) is 9.59. The van der Waals surface area contributed by atoms with Crippen molar-refractivity contribution in [3.05, 3.63) is 58.3 Å². The summed E-state index contributed by atoms with van der Waals surface area (Å²) < 4.78 is 25.0. The molecular weight excluding hydrogens is 439 g/mol. The van der Waals surface area contributed by atoms with Crippen molar-refractivity contribution >= 4 is 21.8 Å². The SMILES string of the molecule is COc1cc(Br)ccc1OCC(=O)N1C[C@H](C)N(Cc2ccc(F)cc2)C[C@H]1C. The molecule has 7 heteroatoms. The molecule has 3 rings (SSSR count). The molecule has 156 valence electrons. The fraction of sp³-hybridized carbons (Fsp3) is 0.409. The van der Waals surface area contributed by atoms with Gasteiger partial charge in [0.1, 0.15) is 5.82 Å². The first-order valence-electron chi connectivity index (χ1n) is 9.61. The Morgan fingerprint density at radius 1 is 1.10 bits per heavy atom. The Hall–Kier alpha value is -2.12. The van der Waals surface area contributed by atoms with Crippen LogP contribution in [0.1, 0.15) is 19.4 Å². The van der Waals surface area contributed by atoms with Gasteiger partial charge in [-0.05, 0) is 49.7 Å². The van der Waals surface area contributed by atoms with Gasteiger partial charge in [-0.15, -0.1) is 0 Å². The molecular formula is C22H26BrFN2O3. The summed E-state index contributed by atoms with van der Waals surface area (Å²) in [6.07, 6.45) is 0. The van der Waals surface area contributed by atoms with Crippen molar-refractivity contribution in [3.8, 4) is 11.5 Å². The number of ether oxygens (including phenoxy) is 2. The number of amides is 1. The highest BCUT2D eigenvalue weighted by Crippen LogP contribution is 2.30. The van der Waals surface area contributed by atoms with E-state index in [9.17, 15) is 9.18 Å². The van der Waals surface area contributed by atoms with Crippen LogP contribution in [0.2, 0.25) is 0 Å². The van der Waals surface area contributed by atoms with Crippen LogP contribution in [-0.2, 0) is 11.3 Å². The third-order valence-corrected chi connectivity index (χ3v) is 5.70. The van der Waals surface area contributed by atoms with E-state index >= 15 is 0 Å². The quantitative estimate of drug-likeness (QED) is 0.645. The minimum Gasteiger partial charge on any atom is -0.493 e. The van der Waals surface area contributed by atoms with E-state index in [0.717, 1.165) is 23.1 Å². The van der Waals surface area contributed by atoms with E-state index in [1.54, 1.807) is 19.2 Å². The average Bonchev–Trinajstić information content (AvgIpc) is 2.70. The summed E-state index contributed by atoms with van der Waals surface area (Å²) >= 11 is 3.39. The lowest BCUT2D eigenvalue weighted by Crippen LogP contribution is -2.58. The van der Waals surface area contributed by atoms with E-state index in [0.29, 0.717) is 18.0 Å². The molecule has 0 saturated carbocycles. The molecule has 0 aliphatic carbocycles. The highest BCUT2D eigenvalue weighted by molar-refractivity contribution is 9.10. The van der Waals surface area contributed by atoms with E-state index in [4.69, 9.17) is 9.47 Å². The maximum atomic E-state index is 13.1. The molecule has 29 heavy (non-hydrogen) atoms. The van der Waals surface area contributed by atoms with Crippen LogP contribution in [0, 0.1) is 5.82 Å². The van der Waals surface area contributed by atoms with E-state index in [2.05, 4.69) is 27.8 Å². The van der Waals surface area contributed by atoms with Crippen molar-refractivity contribution in [1.82, 2.24) is 9.80 Å². The van der Waals surface area contributed by atoms with Crippen molar-refractivity contribution in [1.29, 1.82) is 0 Å². The predicted octanol–water partition coefficient (Wildman–Crippen LogP) is 4.10. The van der Waals surface area contributed by atoms with Gasteiger partial charge in [0, 0.05) is 36.2 Å². The first-order chi connectivity index (χ1) is 13.9. The zero-order chi connectivity index (χ0) is 21.0. The summed E-state index contributed by atoms with van der Waals surface area (Å²) in [5.41, 5.74) is 1.07. The minimum atomic E-state index is -0.229. The smallest absolute Gasteiger partial charge is 0.260 e. The van der Waals surface area contributed by atoms with Crippen molar-refractivity contribution in [2.24, 2.45) is 0 Å². The lowest BCUT2D eigenvalue weighted by molar-refractivity contribution is -0.139. The fourth-order valence-corrected chi connectivity index (χ4v) is 3.91. The number of piperazine rings is 1. The molecule has 1 heterocycles. The van der Waals surface area contributed by atoms with Crippen LogP contribution in [0.4, 0.5) is 4.39 Å². The van der Waals surface area contributed by atoms with Crippen molar-refractivity contribution in [3.63, 3.8) is 0 Å². The number of nitrogens with zero attached hydrogens (tertiary/aromatic N) is 2. The Morgan fingerprint density at radius 2 is 1.83 bits per heavy atom. The molecule has 0 unspecified atom stereocenters. The van der Waals surface area contributed by atoms with Crippen molar-refractivity contribution in [2.45, 2.75) is 32.5 Å². The van der Waals surface area contributed by atoms with Crippen molar-refractivity contribution in [2.75, 3.05) is 26.8 Å². The fourth-order valence-electron chi connectivity index (χ4n) is 3.57. The third-order valence-electron chi connectivity index (χ3n) is 5.21. The summed E-state index contributed by atoms with van der Waals surface area (Å²) in [5.74, 6) is 0.848. The molecule has 0 radical (unpaired) electrons. The summed E-state index contributed by atoms with van der Waals surface area (Å²) in [4.78, 5) is 17.0. The Bertz CT molecular complexity index is 846. The summed E-state index contributed by atoms with van der Waals surface area (Å²) in [5, 5.41) is 0. The van der Waals surface area contributed by atoms with Gasteiger partial charge in [0.25, 0.3) is 5.91 Å². The molecule has 2 aromatic rings. The van der Waals surface area contributed by atoms with Gasteiger partial charge in [-0.2, -0.15) is 0 Å². The maximum absolute atomic E-state index is 13.1. The highest BCUT2D eigenvalue weighted by Gasteiger charge is 2.32. The van der Waals surface area contributed by atoms with Gasteiger partial charge in [-0.25, -0.2) is 4.39 Å². The van der Waals surface area contributed by atoms with Gasteiger partial charge in [-0.1, -0.05) is 28.1 Å². The molecule has 0 spiro atoms. The number of rotatable bonds is 6. The first-order valence-corrected chi connectivity index (χ1v) is 10.4. The number of halogens is 2. The van der Waals surface area contributed by atoms with Crippen LogP contribution < -0.4 is 9.47 Å². The van der Waals surface area contributed by atoms with Crippen LogP contribution in [0.3, 0.4) is 0 Å². The average molecular weight is 465 g/mol. The Balaban J connectivity index is 1.58. The van der Waals surface area contributed by atoms with Gasteiger partial charge < -0.3 is 14.4 Å². The molecule has 1 fully saturated rings. The topological polar surface area (TPSA) is 42.0 Å². The maximum Gasteiger partial charge on any atom is 0.260 e. The predicted molar refractivity (Wildman–Crippen MR) is 114 cm³/mol. The zero-order valence-electron chi connectivity index (χ0n) is 16.9. The van der Waals surface area contributed by atoms with E-state index in [1.807, 2.05) is 30.0 Å². The minimum absolute atomic E-state index is 0.0347. The number of carbonyl (C=O) groups excluding carboxylic acids is 1. The van der Waals surface area contributed by atoms with Crippen LogP contribution in [0.25, 0.3) is 0 Å². The second-order valence-corrected chi connectivity index (χ2v) is 8.30. The molecule has 0 N–H and O–H groups in total. The zero-order valence-corrected chi connectivity index (χ0v) is 18.5. The Morgan fingerprint density at radius 3 is 2.52 bits per heavy atom. The molecule has 5 nitrogen and oxygen atoms in total. The monoisotopic (exact) mass is 464 g/mol. The van der Waals surface area contributed by atoms with Crippen LogP contribution in [0.15, 0.2) is 46.9 Å². The van der Waals surface area contributed by atoms with Crippen LogP contribution in [0.5, 0.6) is 11.5 Å². The molecule has 2 atom stereocenters. The molecule has 0 aromatic heterocycles. The Labute approximate surface area is 179 Å². The van der Waals surface area contributed by atoms with Gasteiger partial charge >= 0.3 is 0 Å². The van der Waals surface area contributed by atoms with Gasteiger partial charge in [0.15, 0.2) is 18.1 Å². The summed E-state index contributed by atoms with van der Waals surface area (Å²) in [6, 6.07) is 12.3. The standard InChI is InChI=1S/C22H26BrFN2O3/c1-15-12-26(16(2)11-25(15)13-17-4-7-19(24)8-5-17)22(27)14-29-20-9-6-18(23)10-21(20)28-3/h4-10,15-16H,11-14H2,1-3H3/t15-,16+/m0/s1. The molecule has 1 aliphatic rings. The normalized spacial score (nSPS) is 19.8. The lowest BCUT2D eigenvalue weighted by atomic mass is 10.1. The largest absolute Gasteiger partial charge is 0.493 e. The summed E-state index contributed by atoms with van der Waals surface area (Å²) in [7, 11) is 1.57. The number of carbonyl (C=O) groups is 1. The van der Waals surface area contributed by atoms with Gasteiger partial charge in [-0.3, -0.25) is 9.69 Å². The lowest BCUT2D eigenvalue weighted by Gasteiger charge is -2.44. The van der Waals surface area contributed by atoms with E-state index in [-0.39, 0.29) is 30.4 Å². The number of benzene rings is 2. The van der Waals surface area contributed by atoms with Crippen molar-refractivity contribution < 1.29 is 18.7 Å². The van der Waals surface area contributed by atoms with Crippen LogP contribution >= 0.6 is 15.9 Å². The molecule has 1 aliphatic heterocycles. The van der Waals surface area contributed by atoms with Gasteiger partial charge in [0.2, 0.25) is 0 Å². The summed E-state index contributed by atoms with van der Waals surface area (Å²) in [6.45, 7) is 6.23. The first kappa shape index (κ1) is 21.6. The third kappa shape index (κ3) is 5.48. The molecule has 2 aromatic carbocycles. The molecule has 1 saturated heterocycles. The highest BCUT2D eigenvalue weighted by atomic mass is 79.9. The number of hydrogen-bond donors (Lipinski definition) is 0. The number of methoxy groups -OCH3 is 1. The molecule has 1 amide bonds. The van der Waals surface area contributed by atoms with Crippen LogP contribution in [-0.4, -0.2) is 54.6 Å². The van der Waals surface area contributed by atoms with Gasteiger partial charge in [0.05, 0.1) is 7.11 Å². The second-order valence-electron chi connectivity index (χ2n) is 7.38. The van der Waals surface area contributed by atoms with E-state index in [1.165, 1.54) is 12.1 Å². The molecule has 0 bridgehead atoms.